The molecular formula is C18H38O3S. The quantitative estimate of drug-likeness (QED) is 0.574. The summed E-state index contributed by atoms with van der Waals surface area (Å²) in [5.41, 5.74) is -0.0188. The van der Waals surface area contributed by atoms with Crippen molar-refractivity contribution in [3.63, 3.8) is 0 Å². The highest BCUT2D eigenvalue weighted by atomic mass is 32.2. The van der Waals surface area contributed by atoms with Gasteiger partial charge < -0.3 is 4.74 Å². The number of hydrogen-bond donors (Lipinski definition) is 0. The molecule has 0 N–H and O–H groups in total. The van der Waals surface area contributed by atoms with Crippen LogP contribution in [0.25, 0.3) is 0 Å². The molecule has 4 heteroatoms. The molecule has 0 saturated heterocycles. The summed E-state index contributed by atoms with van der Waals surface area (Å²) in [5, 5.41) is 0. The van der Waals surface area contributed by atoms with E-state index in [2.05, 4.69) is 55.4 Å². The predicted octanol–water partition coefficient (Wildman–Crippen LogP) is 4.71. The van der Waals surface area contributed by atoms with Gasteiger partial charge in [-0.25, -0.2) is 8.42 Å². The molecule has 0 atom stereocenters. The summed E-state index contributed by atoms with van der Waals surface area (Å²) < 4.78 is 30.6. The first kappa shape index (κ1) is 21.9. The Kier molecular flexibility index (Phi) is 8.11. The zero-order valence-electron chi connectivity index (χ0n) is 16.1. The molecule has 0 rings (SSSR count). The van der Waals surface area contributed by atoms with Gasteiger partial charge in [0.15, 0.2) is 9.84 Å². The highest BCUT2D eigenvalue weighted by Gasteiger charge is 2.42. The standard InChI is InChI=1S/C18H38O3S/c1-9-18(10-2,17(6,7)8)15-22(19,20)13-11-12-21-14-16(3,4)5/h9-15H2,1-8H3. The first-order chi connectivity index (χ1) is 9.79. The third-order valence-electron chi connectivity index (χ3n) is 4.72. The van der Waals surface area contributed by atoms with Crippen LogP contribution in [0.4, 0.5) is 0 Å². The maximum absolute atomic E-state index is 12.5. The number of hydrogen-bond acceptors (Lipinski definition) is 3. The Morgan fingerprint density at radius 2 is 1.41 bits per heavy atom. The third kappa shape index (κ3) is 7.45. The summed E-state index contributed by atoms with van der Waals surface area (Å²) in [5.74, 6) is 0.519. The van der Waals surface area contributed by atoms with E-state index in [-0.39, 0.29) is 27.8 Å². The fourth-order valence-electron chi connectivity index (χ4n) is 2.98. The van der Waals surface area contributed by atoms with E-state index in [0.717, 1.165) is 12.8 Å². The van der Waals surface area contributed by atoms with Crippen molar-refractivity contribution in [2.75, 3.05) is 24.7 Å². The normalized spacial score (nSPS) is 14.4. The van der Waals surface area contributed by atoms with Crippen molar-refractivity contribution in [3.05, 3.63) is 0 Å². The Hall–Kier alpha value is -0.0900. The second-order valence-corrected chi connectivity index (χ2v) is 11.0. The van der Waals surface area contributed by atoms with Crippen LogP contribution in [0.15, 0.2) is 0 Å². The molecule has 0 aromatic heterocycles. The SMILES string of the molecule is CCC(CC)(CS(=O)(=O)CCCOCC(C)(C)C)C(C)(C)C. The molecule has 0 aromatic rings. The molecule has 0 aliphatic carbocycles. The summed E-state index contributed by atoms with van der Waals surface area (Å²) in [6, 6.07) is 0. The summed E-state index contributed by atoms with van der Waals surface area (Å²) in [6.07, 6.45) is 2.38. The smallest absolute Gasteiger partial charge is 0.150 e. The minimum Gasteiger partial charge on any atom is -0.381 e. The van der Waals surface area contributed by atoms with Gasteiger partial charge in [0.05, 0.1) is 18.1 Å². The zero-order valence-corrected chi connectivity index (χ0v) is 16.9. The minimum atomic E-state index is -3.04. The number of sulfone groups is 1. The van der Waals surface area contributed by atoms with Crippen molar-refractivity contribution in [1.29, 1.82) is 0 Å². The van der Waals surface area contributed by atoms with E-state index < -0.39 is 9.84 Å². The molecular weight excluding hydrogens is 296 g/mol. The van der Waals surface area contributed by atoms with Crippen molar-refractivity contribution < 1.29 is 13.2 Å². The molecule has 0 aliphatic rings. The minimum absolute atomic E-state index is 0.00763. The molecule has 3 nitrogen and oxygen atoms in total. The molecule has 0 heterocycles. The van der Waals surface area contributed by atoms with E-state index in [1.165, 1.54) is 0 Å². The monoisotopic (exact) mass is 334 g/mol. The number of ether oxygens (including phenoxy) is 1. The molecule has 134 valence electrons. The van der Waals surface area contributed by atoms with E-state index >= 15 is 0 Å². The average Bonchev–Trinajstić information content (AvgIpc) is 2.32. The summed E-state index contributed by atoms with van der Waals surface area (Å²) >= 11 is 0. The maximum atomic E-state index is 12.5. The van der Waals surface area contributed by atoms with E-state index in [4.69, 9.17) is 4.74 Å². The van der Waals surface area contributed by atoms with E-state index in [1.54, 1.807) is 0 Å². The van der Waals surface area contributed by atoms with Gasteiger partial charge in [-0.3, -0.25) is 0 Å². The van der Waals surface area contributed by atoms with Gasteiger partial charge in [0.1, 0.15) is 0 Å². The summed E-state index contributed by atoms with van der Waals surface area (Å²) in [4.78, 5) is 0. The Labute approximate surface area is 139 Å². The summed E-state index contributed by atoms with van der Waals surface area (Å²) in [6.45, 7) is 18.2. The van der Waals surface area contributed by atoms with Crippen LogP contribution >= 0.6 is 0 Å². The average molecular weight is 335 g/mol. The van der Waals surface area contributed by atoms with E-state index in [0.29, 0.717) is 19.6 Å². The molecule has 0 saturated carbocycles. The van der Waals surface area contributed by atoms with Gasteiger partial charge >= 0.3 is 0 Å². The zero-order chi connectivity index (χ0) is 17.7. The van der Waals surface area contributed by atoms with Gasteiger partial charge in [0, 0.05) is 6.61 Å². The molecule has 0 fully saturated rings. The molecule has 0 radical (unpaired) electrons. The topological polar surface area (TPSA) is 43.4 Å². The van der Waals surface area contributed by atoms with Crippen molar-refractivity contribution in [1.82, 2.24) is 0 Å². The third-order valence-corrected chi connectivity index (χ3v) is 6.62. The Morgan fingerprint density at radius 3 is 1.77 bits per heavy atom. The largest absolute Gasteiger partial charge is 0.381 e. The number of rotatable bonds is 9. The first-order valence-corrected chi connectivity index (χ1v) is 10.4. The lowest BCUT2D eigenvalue weighted by Gasteiger charge is -2.44. The Bertz CT molecular complexity index is 407. The van der Waals surface area contributed by atoms with Crippen molar-refractivity contribution in [2.24, 2.45) is 16.2 Å². The Balaban J connectivity index is 4.57. The van der Waals surface area contributed by atoms with Crippen molar-refractivity contribution in [3.8, 4) is 0 Å². The molecule has 0 aromatic carbocycles. The van der Waals surface area contributed by atoms with Gasteiger partial charge in [-0.1, -0.05) is 55.4 Å². The van der Waals surface area contributed by atoms with E-state index in [1.807, 2.05) is 0 Å². The maximum Gasteiger partial charge on any atom is 0.150 e. The fraction of sp³-hybridized carbons (Fsp3) is 1.00. The predicted molar refractivity (Wildman–Crippen MR) is 96.0 cm³/mol. The Morgan fingerprint density at radius 1 is 0.909 bits per heavy atom. The lowest BCUT2D eigenvalue weighted by atomic mass is 9.64. The van der Waals surface area contributed by atoms with Crippen LogP contribution in [0.1, 0.15) is 74.7 Å². The first-order valence-electron chi connectivity index (χ1n) is 8.57. The van der Waals surface area contributed by atoms with Crippen LogP contribution in [-0.2, 0) is 14.6 Å². The van der Waals surface area contributed by atoms with Gasteiger partial charge in [-0.05, 0) is 35.5 Å². The van der Waals surface area contributed by atoms with Crippen LogP contribution in [0, 0.1) is 16.2 Å². The van der Waals surface area contributed by atoms with Gasteiger partial charge in [-0.2, -0.15) is 0 Å². The van der Waals surface area contributed by atoms with Crippen LogP contribution in [0.5, 0.6) is 0 Å². The second-order valence-electron chi connectivity index (χ2n) is 8.80. The highest BCUT2D eigenvalue weighted by molar-refractivity contribution is 7.91. The van der Waals surface area contributed by atoms with E-state index in [9.17, 15) is 8.42 Å². The lowest BCUT2D eigenvalue weighted by molar-refractivity contribution is 0.0718. The van der Waals surface area contributed by atoms with Gasteiger partial charge in [0.2, 0.25) is 0 Å². The molecule has 0 spiro atoms. The molecule has 0 amide bonds. The lowest BCUT2D eigenvalue weighted by Crippen LogP contribution is -2.41. The molecule has 0 bridgehead atoms. The van der Waals surface area contributed by atoms with Crippen molar-refractivity contribution in [2.45, 2.75) is 74.7 Å². The molecule has 0 aliphatic heterocycles. The fourth-order valence-corrected chi connectivity index (χ4v) is 5.37. The van der Waals surface area contributed by atoms with Gasteiger partial charge in [-0.15, -0.1) is 0 Å². The van der Waals surface area contributed by atoms with Crippen LogP contribution in [-0.4, -0.2) is 33.1 Å². The van der Waals surface area contributed by atoms with Crippen LogP contribution in [0.2, 0.25) is 0 Å². The second kappa shape index (κ2) is 8.14. The molecule has 22 heavy (non-hydrogen) atoms. The van der Waals surface area contributed by atoms with Crippen LogP contribution in [0.3, 0.4) is 0 Å². The van der Waals surface area contributed by atoms with Crippen LogP contribution < -0.4 is 0 Å². The molecule has 0 unspecified atom stereocenters. The van der Waals surface area contributed by atoms with Crippen molar-refractivity contribution >= 4 is 9.84 Å². The van der Waals surface area contributed by atoms with Gasteiger partial charge in [0.25, 0.3) is 0 Å². The summed E-state index contributed by atoms with van der Waals surface area (Å²) in [7, 11) is -3.04. The highest BCUT2D eigenvalue weighted by Crippen LogP contribution is 2.45.